The summed E-state index contributed by atoms with van der Waals surface area (Å²) in [5.74, 6) is -0.0921. The third-order valence-electron chi connectivity index (χ3n) is 6.41. The molecule has 0 aromatic heterocycles. The largest absolute Gasteiger partial charge is 0.455 e. The van der Waals surface area contributed by atoms with E-state index in [0.29, 0.717) is 57.4 Å². The molecule has 0 saturated heterocycles. The number of carbonyl (C=O) groups excluding carboxylic acids is 2. The van der Waals surface area contributed by atoms with Gasteiger partial charge in [0.25, 0.3) is 5.91 Å². The maximum atomic E-state index is 13.9. The third kappa shape index (κ3) is 5.38. The highest BCUT2D eigenvalue weighted by atomic mass is 32.2. The minimum atomic E-state index is -3.57. The molecule has 0 spiro atoms. The number of sulfonamides is 1. The van der Waals surface area contributed by atoms with Gasteiger partial charge in [0.1, 0.15) is 11.6 Å². The Labute approximate surface area is 222 Å². The SMILES string of the molecule is CCNC(=O)C1=CC2=C(C1)C(=O)N(C)CN2c1cc(NS(=O)(=O)CC)ccc1Oc1c(C)cc(F)cc1C. The maximum absolute atomic E-state index is 13.9. The Balaban J connectivity index is 1.85. The van der Waals surface area contributed by atoms with E-state index in [1.165, 1.54) is 24.0 Å². The minimum Gasteiger partial charge on any atom is -0.455 e. The molecule has 202 valence electrons. The minimum absolute atomic E-state index is 0.108. The smallest absolute Gasteiger partial charge is 0.253 e. The van der Waals surface area contributed by atoms with Crippen LogP contribution in [0.2, 0.25) is 0 Å². The molecule has 1 heterocycles. The van der Waals surface area contributed by atoms with Gasteiger partial charge in [-0.1, -0.05) is 0 Å². The second kappa shape index (κ2) is 10.5. The highest BCUT2D eigenvalue weighted by Gasteiger charge is 2.36. The number of benzene rings is 2. The van der Waals surface area contributed by atoms with E-state index in [0.717, 1.165) is 0 Å². The van der Waals surface area contributed by atoms with Gasteiger partial charge in [-0.25, -0.2) is 12.8 Å². The fourth-order valence-corrected chi connectivity index (χ4v) is 5.15. The van der Waals surface area contributed by atoms with Crippen molar-refractivity contribution in [1.82, 2.24) is 10.2 Å². The molecule has 0 unspecified atom stereocenters. The summed E-state index contributed by atoms with van der Waals surface area (Å²) in [6, 6.07) is 7.59. The molecule has 38 heavy (non-hydrogen) atoms. The number of rotatable bonds is 8. The van der Waals surface area contributed by atoms with Gasteiger partial charge in [0.15, 0.2) is 5.75 Å². The molecule has 0 saturated carbocycles. The molecule has 0 fully saturated rings. The number of likely N-dealkylation sites (N-methyl/N-ethyl adjacent to an activating group) is 2. The van der Waals surface area contributed by atoms with Crippen molar-refractivity contribution < 1.29 is 27.1 Å². The van der Waals surface area contributed by atoms with Crippen molar-refractivity contribution in [2.75, 3.05) is 35.6 Å². The van der Waals surface area contributed by atoms with Crippen molar-refractivity contribution in [3.8, 4) is 11.5 Å². The normalized spacial score (nSPS) is 15.4. The molecule has 0 bridgehead atoms. The molecule has 2 N–H and O–H groups in total. The Bertz CT molecular complexity index is 1460. The van der Waals surface area contributed by atoms with E-state index < -0.39 is 10.0 Å². The summed E-state index contributed by atoms with van der Waals surface area (Å²) in [7, 11) is -1.91. The van der Waals surface area contributed by atoms with Crippen molar-refractivity contribution in [3.63, 3.8) is 0 Å². The average Bonchev–Trinajstić information content (AvgIpc) is 3.30. The van der Waals surface area contributed by atoms with Crippen LogP contribution in [0.1, 0.15) is 31.4 Å². The number of ether oxygens (including phenoxy) is 1. The van der Waals surface area contributed by atoms with Crippen LogP contribution >= 0.6 is 0 Å². The Hall–Kier alpha value is -3.86. The molecule has 4 rings (SSSR count). The lowest BCUT2D eigenvalue weighted by atomic mass is 10.1. The summed E-state index contributed by atoms with van der Waals surface area (Å²) in [4.78, 5) is 28.9. The van der Waals surface area contributed by atoms with Gasteiger partial charge in [-0.05, 0) is 75.2 Å². The van der Waals surface area contributed by atoms with Crippen molar-refractivity contribution in [3.05, 3.63) is 70.2 Å². The van der Waals surface area contributed by atoms with Crippen LogP contribution in [0.25, 0.3) is 0 Å². The quantitative estimate of drug-likeness (QED) is 0.523. The van der Waals surface area contributed by atoms with Crippen LogP contribution in [-0.4, -0.2) is 51.1 Å². The number of nitrogens with one attached hydrogen (secondary N) is 2. The van der Waals surface area contributed by atoms with Gasteiger partial charge in [0, 0.05) is 31.2 Å². The van der Waals surface area contributed by atoms with Gasteiger partial charge >= 0.3 is 0 Å². The van der Waals surface area contributed by atoms with E-state index in [-0.39, 0.29) is 36.5 Å². The molecular formula is C27H31FN4O5S. The Morgan fingerprint density at radius 3 is 2.45 bits per heavy atom. The number of carbonyl (C=O) groups is 2. The lowest BCUT2D eigenvalue weighted by Crippen LogP contribution is -2.44. The molecule has 2 aromatic rings. The second-order valence-corrected chi connectivity index (χ2v) is 11.3. The molecule has 9 nitrogen and oxygen atoms in total. The van der Waals surface area contributed by atoms with Crippen molar-refractivity contribution in [2.45, 2.75) is 34.1 Å². The number of nitrogens with zero attached hydrogens (tertiary/aromatic N) is 2. The third-order valence-corrected chi connectivity index (χ3v) is 7.71. The average molecular weight is 543 g/mol. The lowest BCUT2D eigenvalue weighted by molar-refractivity contribution is -0.126. The Kier molecular flexibility index (Phi) is 7.50. The van der Waals surface area contributed by atoms with Gasteiger partial charge < -0.3 is 19.9 Å². The first-order valence-electron chi connectivity index (χ1n) is 12.3. The van der Waals surface area contributed by atoms with E-state index >= 15 is 0 Å². The predicted molar refractivity (Wildman–Crippen MR) is 144 cm³/mol. The molecule has 1 aliphatic carbocycles. The number of amides is 2. The summed E-state index contributed by atoms with van der Waals surface area (Å²) >= 11 is 0. The van der Waals surface area contributed by atoms with Gasteiger partial charge in [-0.15, -0.1) is 0 Å². The zero-order valence-corrected chi connectivity index (χ0v) is 22.8. The van der Waals surface area contributed by atoms with Crippen molar-refractivity contribution >= 4 is 33.2 Å². The van der Waals surface area contributed by atoms with Crippen LogP contribution < -0.4 is 19.7 Å². The monoisotopic (exact) mass is 542 g/mol. The molecule has 2 aliphatic rings. The van der Waals surface area contributed by atoms with Crippen LogP contribution in [0.3, 0.4) is 0 Å². The van der Waals surface area contributed by atoms with Crippen LogP contribution in [0, 0.1) is 19.7 Å². The molecule has 2 aromatic carbocycles. The van der Waals surface area contributed by atoms with Gasteiger partial charge in [-0.3, -0.25) is 14.3 Å². The van der Waals surface area contributed by atoms with Crippen LogP contribution in [0.5, 0.6) is 11.5 Å². The van der Waals surface area contributed by atoms with E-state index in [1.54, 1.807) is 45.2 Å². The topological polar surface area (TPSA) is 108 Å². The first-order valence-corrected chi connectivity index (χ1v) is 13.9. The van der Waals surface area contributed by atoms with Crippen LogP contribution in [0.15, 0.2) is 53.3 Å². The van der Waals surface area contributed by atoms with Gasteiger partial charge in [-0.2, -0.15) is 0 Å². The summed E-state index contributed by atoms with van der Waals surface area (Å²) < 4.78 is 47.4. The maximum Gasteiger partial charge on any atom is 0.253 e. The molecule has 11 heteroatoms. The molecule has 2 amide bonds. The Morgan fingerprint density at radius 1 is 1.13 bits per heavy atom. The molecule has 0 radical (unpaired) electrons. The zero-order valence-electron chi connectivity index (χ0n) is 22.0. The second-order valence-electron chi connectivity index (χ2n) is 9.30. The van der Waals surface area contributed by atoms with Crippen LogP contribution in [-0.2, 0) is 19.6 Å². The highest BCUT2D eigenvalue weighted by molar-refractivity contribution is 7.92. The summed E-state index contributed by atoms with van der Waals surface area (Å²) in [6.45, 7) is 7.42. The van der Waals surface area contributed by atoms with Crippen LogP contribution in [0.4, 0.5) is 15.8 Å². The van der Waals surface area contributed by atoms with E-state index in [1.807, 2.05) is 11.8 Å². The van der Waals surface area contributed by atoms with Gasteiger partial charge in [0.2, 0.25) is 15.9 Å². The first-order chi connectivity index (χ1) is 17.9. The van der Waals surface area contributed by atoms with Crippen molar-refractivity contribution in [1.29, 1.82) is 0 Å². The van der Waals surface area contributed by atoms with Gasteiger partial charge in [0.05, 0.1) is 29.5 Å². The fraction of sp³-hybridized carbons (Fsp3) is 0.333. The summed E-state index contributed by atoms with van der Waals surface area (Å²) in [5.41, 5.74) is 3.44. The Morgan fingerprint density at radius 2 is 1.82 bits per heavy atom. The number of halogens is 1. The predicted octanol–water partition coefficient (Wildman–Crippen LogP) is 3.95. The first kappa shape index (κ1) is 27.2. The molecular weight excluding hydrogens is 511 g/mol. The summed E-state index contributed by atoms with van der Waals surface area (Å²) in [5, 5.41) is 2.77. The highest BCUT2D eigenvalue weighted by Crippen LogP contribution is 2.43. The van der Waals surface area contributed by atoms with E-state index in [2.05, 4.69) is 10.0 Å². The molecule has 1 aliphatic heterocycles. The fourth-order valence-electron chi connectivity index (χ4n) is 4.52. The van der Waals surface area contributed by atoms with Crippen molar-refractivity contribution in [2.24, 2.45) is 0 Å². The number of hydrogen-bond donors (Lipinski definition) is 2. The number of aryl methyl sites for hydroxylation is 2. The number of anilines is 2. The van der Waals surface area contributed by atoms with E-state index in [4.69, 9.17) is 4.74 Å². The van der Waals surface area contributed by atoms with E-state index in [9.17, 15) is 22.4 Å². The number of hydrogen-bond acceptors (Lipinski definition) is 6. The standard InChI is InChI=1S/C27H31FN4O5S/c1-6-29-26(33)18-12-21-22(13-18)32(15-31(5)27(21)34)23-14-20(30-38(35,36)7-2)8-9-24(23)37-25-16(3)10-19(28)11-17(25)4/h8-11,13-14,30H,6-7,12,15H2,1-5H3,(H,29,33). The lowest BCUT2D eigenvalue weighted by Gasteiger charge is -2.36. The summed E-state index contributed by atoms with van der Waals surface area (Å²) in [6.07, 6.45) is 1.86. The molecule has 0 atom stereocenters. The number of allylic oxidation sites excluding steroid dienone is 1. The zero-order chi connectivity index (χ0) is 27.8.